The van der Waals surface area contributed by atoms with Crippen molar-refractivity contribution in [2.24, 2.45) is 0 Å². The second-order valence-electron chi connectivity index (χ2n) is 4.93. The van der Waals surface area contributed by atoms with Crippen LogP contribution in [0.15, 0.2) is 0 Å². The number of nitrogens with one attached hydrogen (secondary N) is 1. The monoisotopic (exact) mass is 284 g/mol. The van der Waals surface area contributed by atoms with E-state index in [1.54, 1.807) is 21.1 Å². The molecule has 0 aliphatic heterocycles. The lowest BCUT2D eigenvalue weighted by Gasteiger charge is -2.30. The van der Waals surface area contributed by atoms with E-state index in [1.807, 2.05) is 0 Å². The molecule has 2 atom stereocenters. The van der Waals surface area contributed by atoms with Gasteiger partial charge in [-0.15, -0.1) is 0 Å². The number of hydrogen-bond acceptors (Lipinski definition) is 5. The molecule has 0 radical (unpaired) electrons. The summed E-state index contributed by atoms with van der Waals surface area (Å²) in [4.78, 5) is 20.0. The maximum absolute atomic E-state index is 11.5. The molecule has 2 unspecified atom stereocenters. The second kappa shape index (κ2) is 7.18. The van der Waals surface area contributed by atoms with Crippen LogP contribution in [0, 0.1) is 0 Å². The highest BCUT2D eigenvalue weighted by Gasteiger charge is 2.28. The fraction of sp³-hybridized carbons (Fsp3) is 0.889. The maximum atomic E-state index is 11.5. The summed E-state index contributed by atoms with van der Waals surface area (Å²) in [5.74, 6) is -1.35. The van der Waals surface area contributed by atoms with Crippen LogP contribution in [0.2, 0.25) is 0 Å². The van der Waals surface area contributed by atoms with Crippen LogP contribution in [0.1, 0.15) is 6.42 Å². The summed E-state index contributed by atoms with van der Waals surface area (Å²) in [6, 6.07) is 0. The number of carboxylic acids is 1. The number of quaternary nitrogens is 1. The molecule has 8 nitrogen and oxygen atoms in total. The van der Waals surface area contributed by atoms with Gasteiger partial charge in [-0.25, -0.2) is 9.65 Å². The van der Waals surface area contributed by atoms with E-state index < -0.39 is 26.2 Å². The van der Waals surface area contributed by atoms with Crippen LogP contribution in [0.5, 0.6) is 0 Å². The largest absolute Gasteiger partial charge is 0.550 e. The molecular weight excluding hydrogens is 263 g/mol. The minimum absolute atomic E-state index is 0.115. The summed E-state index contributed by atoms with van der Waals surface area (Å²) in [5, 5.41) is 21.2. The molecule has 0 bridgehead atoms. The molecule has 0 fully saturated rings. The first-order valence-electron chi connectivity index (χ1n) is 5.43. The molecule has 108 valence electrons. The Morgan fingerprint density at radius 1 is 1.50 bits per heavy atom. The number of nitrogens with zero attached hydrogens (tertiary/aromatic N) is 1. The Balaban J connectivity index is 4.57. The zero-order chi connectivity index (χ0) is 14.4. The summed E-state index contributed by atoms with van der Waals surface area (Å²) in [7, 11) is 1.28. The van der Waals surface area contributed by atoms with E-state index in [0.29, 0.717) is 4.48 Å². The number of aliphatic hydroxyl groups is 1. The van der Waals surface area contributed by atoms with E-state index in [2.05, 4.69) is 5.09 Å². The van der Waals surface area contributed by atoms with Gasteiger partial charge in [0.15, 0.2) is 0 Å². The fourth-order valence-corrected chi connectivity index (χ4v) is 2.36. The third-order valence-corrected chi connectivity index (χ3v) is 3.07. The van der Waals surface area contributed by atoms with Crippen LogP contribution >= 0.6 is 7.75 Å². The number of aliphatic carboxylic acids is 1. The number of carboxylic acid groups (broad SMARTS) is 1. The lowest BCUT2D eigenvalue weighted by Crippen LogP contribution is -2.44. The number of likely N-dealkylation sites (N-methyl/N-ethyl adjacent to an activating group) is 1. The summed E-state index contributed by atoms with van der Waals surface area (Å²) in [6.45, 7) is -0.204. The van der Waals surface area contributed by atoms with Crippen LogP contribution in [-0.4, -0.2) is 67.4 Å². The first-order chi connectivity index (χ1) is 8.06. The van der Waals surface area contributed by atoms with Crippen LogP contribution in [0.4, 0.5) is 0 Å². The van der Waals surface area contributed by atoms with E-state index in [0.717, 1.165) is 0 Å². The van der Waals surface area contributed by atoms with Crippen LogP contribution in [0.25, 0.3) is 0 Å². The summed E-state index contributed by atoms with van der Waals surface area (Å²) < 4.78 is 16.8. The van der Waals surface area contributed by atoms with E-state index >= 15 is 0 Å². The molecule has 0 spiro atoms. The third kappa shape index (κ3) is 9.52. The Bertz CT molecular complexity index is 317. The molecule has 0 amide bonds. The van der Waals surface area contributed by atoms with Crippen molar-refractivity contribution < 1.29 is 33.5 Å². The standard InChI is InChI=1S/C9H21N2O6P/c1-11(2,3)7-8(6-9(13)14)17-18(15,16)10-4-5-12/h8,12H,4-7H2,1-3H3,(H2-,10,13,14,15,16). The highest BCUT2D eigenvalue weighted by molar-refractivity contribution is 7.50. The molecule has 9 heteroatoms. The van der Waals surface area contributed by atoms with Gasteiger partial charge in [0.25, 0.3) is 0 Å². The predicted octanol–water partition coefficient (Wildman–Crippen LogP) is -2.10. The van der Waals surface area contributed by atoms with E-state index in [-0.39, 0.29) is 19.7 Å². The van der Waals surface area contributed by atoms with Crippen molar-refractivity contribution in [1.82, 2.24) is 5.09 Å². The van der Waals surface area contributed by atoms with Crippen molar-refractivity contribution in [3.8, 4) is 0 Å². The van der Waals surface area contributed by atoms with Gasteiger partial charge in [0.2, 0.25) is 0 Å². The fourth-order valence-electron chi connectivity index (χ4n) is 1.36. The molecule has 3 N–H and O–H groups in total. The highest BCUT2D eigenvalue weighted by atomic mass is 31.2. The molecule has 0 aliphatic carbocycles. The molecular formula is C9H21N2O6P. The van der Waals surface area contributed by atoms with Gasteiger partial charge in [-0.3, -0.25) is 4.52 Å². The molecule has 18 heavy (non-hydrogen) atoms. The molecule has 0 aromatic carbocycles. The summed E-state index contributed by atoms with van der Waals surface area (Å²) in [6.07, 6.45) is -1.42. The van der Waals surface area contributed by atoms with E-state index in [4.69, 9.17) is 9.63 Å². The molecule has 0 aromatic heterocycles. The number of carbonyl (C=O) groups is 1. The van der Waals surface area contributed by atoms with Crippen molar-refractivity contribution in [3.63, 3.8) is 0 Å². The van der Waals surface area contributed by atoms with Crippen molar-refractivity contribution in [1.29, 1.82) is 0 Å². The first-order valence-corrected chi connectivity index (χ1v) is 7.01. The van der Waals surface area contributed by atoms with Gasteiger partial charge < -0.3 is 24.4 Å². The van der Waals surface area contributed by atoms with Gasteiger partial charge in [-0.1, -0.05) is 0 Å². The van der Waals surface area contributed by atoms with Gasteiger partial charge >= 0.3 is 7.75 Å². The van der Waals surface area contributed by atoms with Gasteiger partial charge in [-0.05, 0) is 0 Å². The maximum Gasteiger partial charge on any atom is 0.403 e. The van der Waals surface area contributed by atoms with Crippen molar-refractivity contribution in [3.05, 3.63) is 0 Å². The lowest BCUT2D eigenvalue weighted by atomic mass is 10.2. The number of rotatable bonds is 9. The van der Waals surface area contributed by atoms with Gasteiger partial charge in [-0.2, -0.15) is 0 Å². The number of aliphatic hydroxyl groups excluding tert-OH is 1. The quantitative estimate of drug-likeness (QED) is 0.328. The van der Waals surface area contributed by atoms with Crippen LogP contribution < -0.4 is 10.2 Å². The zero-order valence-corrected chi connectivity index (χ0v) is 11.7. The van der Waals surface area contributed by atoms with Gasteiger partial charge in [0, 0.05) is 18.9 Å². The summed E-state index contributed by atoms with van der Waals surface area (Å²) >= 11 is 0. The van der Waals surface area contributed by atoms with Crippen LogP contribution in [0.3, 0.4) is 0 Å². The van der Waals surface area contributed by atoms with E-state index in [9.17, 15) is 19.4 Å². The second-order valence-corrected chi connectivity index (χ2v) is 6.50. The molecule has 0 aromatic rings. The van der Waals surface area contributed by atoms with Crippen molar-refractivity contribution in [2.75, 3.05) is 40.8 Å². The Morgan fingerprint density at radius 3 is 2.44 bits per heavy atom. The highest BCUT2D eigenvalue weighted by Crippen LogP contribution is 2.38. The average molecular weight is 284 g/mol. The normalized spacial score (nSPS) is 17.2. The first kappa shape index (κ1) is 17.5. The molecule has 0 heterocycles. The summed E-state index contributed by atoms with van der Waals surface area (Å²) in [5.41, 5.74) is 0. The Morgan fingerprint density at radius 2 is 2.06 bits per heavy atom. The molecule has 0 saturated heterocycles. The lowest BCUT2D eigenvalue weighted by molar-refractivity contribution is -0.873. The SMILES string of the molecule is C[N+](C)(C)CC(CC(=O)[O-])OP(=O)(O)NCCO. The van der Waals surface area contributed by atoms with Crippen molar-refractivity contribution >= 4 is 13.7 Å². The topological polar surface area (TPSA) is 119 Å². The number of hydrogen-bond donors (Lipinski definition) is 3. The zero-order valence-electron chi connectivity index (χ0n) is 10.8. The van der Waals surface area contributed by atoms with Crippen molar-refractivity contribution in [2.45, 2.75) is 12.5 Å². The van der Waals surface area contributed by atoms with Gasteiger partial charge in [0.05, 0.1) is 27.7 Å². The average Bonchev–Trinajstić information content (AvgIpc) is 2.09. The smallest absolute Gasteiger partial charge is 0.403 e. The van der Waals surface area contributed by atoms with Gasteiger partial charge in [0.1, 0.15) is 12.6 Å². The van der Waals surface area contributed by atoms with Crippen LogP contribution in [-0.2, 0) is 13.9 Å². The van der Waals surface area contributed by atoms with E-state index in [1.165, 1.54) is 0 Å². The molecule has 0 aliphatic rings. The minimum atomic E-state index is -4.12. The Kier molecular flexibility index (Phi) is 6.98. The Labute approximate surface area is 106 Å². The Hall–Kier alpha value is -0.500. The predicted molar refractivity (Wildman–Crippen MR) is 62.3 cm³/mol. The third-order valence-electron chi connectivity index (χ3n) is 1.86. The number of carbonyl (C=O) groups excluding carboxylic acids is 1. The minimum Gasteiger partial charge on any atom is -0.550 e. The molecule has 0 saturated carbocycles. The molecule has 0 rings (SSSR count).